The number of benzene rings is 1. The van der Waals surface area contributed by atoms with E-state index in [4.69, 9.17) is 9.47 Å². The molecule has 1 aromatic rings. The van der Waals surface area contributed by atoms with Gasteiger partial charge in [0.05, 0.1) is 18.8 Å². The van der Waals surface area contributed by atoms with Crippen LogP contribution in [0.4, 0.5) is 0 Å². The van der Waals surface area contributed by atoms with E-state index >= 15 is 0 Å². The summed E-state index contributed by atoms with van der Waals surface area (Å²) < 4.78 is 11.5. The fourth-order valence-electron chi connectivity index (χ4n) is 3.05. The summed E-state index contributed by atoms with van der Waals surface area (Å²) in [5.41, 5.74) is 1.83. The highest BCUT2D eigenvalue weighted by molar-refractivity contribution is 6.02. The predicted octanol–water partition coefficient (Wildman–Crippen LogP) is 2.30. The van der Waals surface area contributed by atoms with E-state index in [1.54, 1.807) is 0 Å². The van der Waals surface area contributed by atoms with Crippen LogP contribution in [0, 0.1) is 0 Å². The Bertz CT molecular complexity index is 527. The maximum atomic E-state index is 12.8. The molecular weight excluding hydrogens is 266 g/mol. The van der Waals surface area contributed by atoms with Crippen molar-refractivity contribution in [1.29, 1.82) is 0 Å². The molecule has 0 spiro atoms. The minimum Gasteiger partial charge on any atom is -0.493 e. The maximum Gasteiger partial charge on any atom is 0.196 e. The molecule has 0 amide bonds. The molecule has 2 heterocycles. The van der Waals surface area contributed by atoms with Crippen molar-refractivity contribution in [1.82, 2.24) is 4.90 Å². The van der Waals surface area contributed by atoms with Gasteiger partial charge < -0.3 is 9.47 Å². The zero-order chi connectivity index (χ0) is 14.8. The van der Waals surface area contributed by atoms with Gasteiger partial charge in [0.25, 0.3) is 0 Å². The summed E-state index contributed by atoms with van der Waals surface area (Å²) in [5.74, 6) is 0.832. The first-order valence-electron chi connectivity index (χ1n) is 7.81. The number of fused-ring (bicyclic) bond motifs is 1. The summed E-state index contributed by atoms with van der Waals surface area (Å²) in [6.07, 6.45) is 1.63. The summed E-state index contributed by atoms with van der Waals surface area (Å²) in [6.45, 7) is 7.18. The second-order valence-electron chi connectivity index (χ2n) is 6.06. The van der Waals surface area contributed by atoms with Gasteiger partial charge in [0, 0.05) is 19.1 Å². The Balaban J connectivity index is 1.82. The first kappa shape index (κ1) is 14.5. The number of nitrogens with zero attached hydrogens (tertiary/aromatic N) is 1. The third-order valence-corrected chi connectivity index (χ3v) is 4.32. The van der Waals surface area contributed by atoms with Crippen LogP contribution < -0.4 is 4.74 Å². The number of morpholine rings is 1. The third-order valence-electron chi connectivity index (χ3n) is 4.32. The number of Topliss-reactive ketones (excluding diaryl/α,β-unsaturated/α-hetero) is 1. The molecule has 1 aromatic carbocycles. The van der Waals surface area contributed by atoms with E-state index in [-0.39, 0.29) is 11.9 Å². The maximum absolute atomic E-state index is 12.8. The Labute approximate surface area is 126 Å². The van der Waals surface area contributed by atoms with Crippen LogP contribution in [-0.4, -0.2) is 49.1 Å². The Morgan fingerprint density at radius 3 is 3.00 bits per heavy atom. The number of hydrogen-bond acceptors (Lipinski definition) is 4. The minimum absolute atomic E-state index is 0.0547. The number of para-hydroxylation sites is 1. The van der Waals surface area contributed by atoms with Crippen LogP contribution in [0.3, 0.4) is 0 Å². The molecule has 1 saturated heterocycles. The highest BCUT2D eigenvalue weighted by atomic mass is 16.5. The Morgan fingerprint density at radius 2 is 2.19 bits per heavy atom. The first-order valence-corrected chi connectivity index (χ1v) is 7.81. The highest BCUT2D eigenvalue weighted by Crippen LogP contribution is 2.30. The van der Waals surface area contributed by atoms with E-state index < -0.39 is 0 Å². The van der Waals surface area contributed by atoms with E-state index in [1.165, 1.54) is 0 Å². The number of carbonyl (C=O) groups excluding carboxylic acids is 1. The topological polar surface area (TPSA) is 38.8 Å². The van der Waals surface area contributed by atoms with Gasteiger partial charge in [0.15, 0.2) is 5.78 Å². The molecule has 0 bridgehead atoms. The van der Waals surface area contributed by atoms with Crippen LogP contribution in [0.15, 0.2) is 18.2 Å². The molecule has 2 aliphatic rings. The average molecular weight is 289 g/mol. The summed E-state index contributed by atoms with van der Waals surface area (Å²) in [6, 6.07) is 6.30. The fourth-order valence-corrected chi connectivity index (χ4v) is 3.05. The van der Waals surface area contributed by atoms with Crippen LogP contribution in [-0.2, 0) is 11.2 Å². The van der Waals surface area contributed by atoms with Gasteiger partial charge >= 0.3 is 0 Å². The molecule has 0 radical (unpaired) electrons. The van der Waals surface area contributed by atoms with Crippen molar-refractivity contribution in [2.24, 2.45) is 0 Å². The molecule has 1 atom stereocenters. The Hall–Kier alpha value is -1.39. The van der Waals surface area contributed by atoms with E-state index in [2.05, 4.69) is 18.7 Å². The molecule has 0 aliphatic carbocycles. The van der Waals surface area contributed by atoms with E-state index in [9.17, 15) is 4.79 Å². The van der Waals surface area contributed by atoms with E-state index in [1.807, 2.05) is 18.2 Å². The van der Waals surface area contributed by atoms with Crippen molar-refractivity contribution in [3.63, 3.8) is 0 Å². The molecule has 4 nitrogen and oxygen atoms in total. The van der Waals surface area contributed by atoms with Crippen LogP contribution in [0.5, 0.6) is 5.75 Å². The lowest BCUT2D eigenvalue weighted by Gasteiger charge is -2.35. The fraction of sp³-hybridized carbons (Fsp3) is 0.588. The van der Waals surface area contributed by atoms with Crippen molar-refractivity contribution in [3.05, 3.63) is 29.3 Å². The molecule has 1 unspecified atom stereocenters. The van der Waals surface area contributed by atoms with Crippen LogP contribution in [0.2, 0.25) is 0 Å². The normalized spacial score (nSPS) is 22.7. The number of carbonyl (C=O) groups is 1. The minimum atomic E-state index is -0.377. The van der Waals surface area contributed by atoms with Gasteiger partial charge in [-0.1, -0.05) is 12.1 Å². The number of ketones is 1. The van der Waals surface area contributed by atoms with Gasteiger partial charge in [0.2, 0.25) is 0 Å². The molecule has 4 heteroatoms. The second-order valence-corrected chi connectivity index (χ2v) is 6.06. The zero-order valence-corrected chi connectivity index (χ0v) is 12.8. The van der Waals surface area contributed by atoms with Crippen LogP contribution in [0.25, 0.3) is 0 Å². The quantitative estimate of drug-likeness (QED) is 0.800. The van der Waals surface area contributed by atoms with Crippen molar-refractivity contribution >= 4 is 5.78 Å². The van der Waals surface area contributed by atoms with Crippen molar-refractivity contribution in [3.8, 4) is 5.75 Å². The zero-order valence-electron chi connectivity index (χ0n) is 12.8. The van der Waals surface area contributed by atoms with E-state index in [0.29, 0.717) is 31.4 Å². The van der Waals surface area contributed by atoms with Gasteiger partial charge in [-0.3, -0.25) is 9.69 Å². The van der Waals surface area contributed by atoms with Gasteiger partial charge in [-0.05, 0) is 38.3 Å². The molecule has 21 heavy (non-hydrogen) atoms. The van der Waals surface area contributed by atoms with E-state index in [0.717, 1.165) is 30.7 Å². The predicted molar refractivity (Wildman–Crippen MR) is 81.0 cm³/mol. The molecule has 2 aliphatic heterocycles. The molecule has 0 N–H and O–H groups in total. The molecule has 1 fully saturated rings. The summed E-state index contributed by atoms with van der Waals surface area (Å²) in [4.78, 5) is 15.1. The summed E-state index contributed by atoms with van der Waals surface area (Å²) in [7, 11) is 0. The second kappa shape index (κ2) is 6.16. The SMILES string of the molecule is CC(C)N1CCOC(C(=O)c2cccc3c2OCCC3)C1. The first-order chi connectivity index (χ1) is 10.2. The average Bonchev–Trinajstić information content (AvgIpc) is 2.53. The largest absolute Gasteiger partial charge is 0.493 e. The van der Waals surface area contributed by atoms with Gasteiger partial charge in [-0.2, -0.15) is 0 Å². The summed E-state index contributed by atoms with van der Waals surface area (Å²) >= 11 is 0. The number of rotatable bonds is 3. The van der Waals surface area contributed by atoms with Crippen LogP contribution in [0.1, 0.15) is 36.2 Å². The summed E-state index contributed by atoms with van der Waals surface area (Å²) in [5, 5.41) is 0. The van der Waals surface area contributed by atoms with Gasteiger partial charge in [-0.15, -0.1) is 0 Å². The molecular formula is C17H23NO3. The monoisotopic (exact) mass is 289 g/mol. The molecule has 114 valence electrons. The smallest absolute Gasteiger partial charge is 0.196 e. The Kier molecular flexibility index (Phi) is 4.27. The van der Waals surface area contributed by atoms with Gasteiger partial charge in [-0.25, -0.2) is 0 Å². The highest BCUT2D eigenvalue weighted by Gasteiger charge is 2.31. The standard InChI is InChI=1S/C17H23NO3/c1-12(2)18-8-10-20-15(11-18)16(19)14-7-3-5-13-6-4-9-21-17(13)14/h3,5,7,12,15H,4,6,8-11H2,1-2H3. The lowest BCUT2D eigenvalue weighted by molar-refractivity contribution is -0.0257. The number of hydrogen-bond donors (Lipinski definition) is 0. The van der Waals surface area contributed by atoms with Crippen molar-refractivity contribution in [2.75, 3.05) is 26.3 Å². The van der Waals surface area contributed by atoms with Gasteiger partial charge in [0.1, 0.15) is 11.9 Å². The van der Waals surface area contributed by atoms with Crippen molar-refractivity contribution < 1.29 is 14.3 Å². The number of ether oxygens (including phenoxy) is 2. The lowest BCUT2D eigenvalue weighted by Crippen LogP contribution is -2.48. The Morgan fingerprint density at radius 1 is 1.33 bits per heavy atom. The molecule has 0 saturated carbocycles. The molecule has 3 rings (SSSR count). The number of aryl methyl sites for hydroxylation is 1. The molecule has 0 aromatic heterocycles. The van der Waals surface area contributed by atoms with Crippen molar-refractivity contribution in [2.45, 2.75) is 38.8 Å². The third kappa shape index (κ3) is 2.97. The lowest BCUT2D eigenvalue weighted by atomic mass is 9.97. The van der Waals surface area contributed by atoms with Crippen LogP contribution >= 0.6 is 0 Å².